The number of ketones is 1. The molecule has 1 aromatic heterocycles. The fraction of sp³-hybridized carbons (Fsp3) is 0.263. The van der Waals surface area contributed by atoms with Crippen molar-refractivity contribution in [3.8, 4) is 0 Å². The topological polar surface area (TPSA) is 91.8 Å². The van der Waals surface area contributed by atoms with Crippen LogP contribution >= 0.6 is 11.3 Å². The molecule has 28 heavy (non-hydrogen) atoms. The molecule has 1 N–H and O–H groups in total. The van der Waals surface area contributed by atoms with Crippen molar-refractivity contribution >= 4 is 32.9 Å². The number of hydrogen-bond acceptors (Lipinski definition) is 6. The molecule has 9 heteroatoms. The van der Waals surface area contributed by atoms with E-state index in [4.69, 9.17) is 0 Å². The van der Waals surface area contributed by atoms with Crippen LogP contribution in [0.1, 0.15) is 27.7 Å². The summed E-state index contributed by atoms with van der Waals surface area (Å²) in [6.07, 6.45) is 0.173. The molecule has 1 aromatic carbocycles. The van der Waals surface area contributed by atoms with Gasteiger partial charge in [0, 0.05) is 11.6 Å². The van der Waals surface area contributed by atoms with E-state index in [1.54, 1.807) is 23.6 Å². The molecule has 2 aromatic rings. The summed E-state index contributed by atoms with van der Waals surface area (Å²) in [5.41, 5.74) is -0.175. The summed E-state index contributed by atoms with van der Waals surface area (Å²) in [6.45, 7) is 0. The molecule has 146 valence electrons. The van der Waals surface area contributed by atoms with Crippen molar-refractivity contribution < 1.29 is 27.5 Å². The van der Waals surface area contributed by atoms with Gasteiger partial charge in [-0.3, -0.25) is 9.59 Å². The first-order chi connectivity index (χ1) is 13.3. The molecule has 6 nitrogen and oxygen atoms in total. The lowest BCUT2D eigenvalue weighted by Gasteiger charge is -2.31. The number of carbonyl (C=O) groups excluding carboxylic acids is 2. The lowest BCUT2D eigenvalue weighted by atomic mass is 9.94. The molecule has 0 bridgehead atoms. The van der Waals surface area contributed by atoms with E-state index in [-0.39, 0.29) is 29.1 Å². The Morgan fingerprint density at radius 1 is 1.21 bits per heavy atom. The maximum Gasteiger partial charge on any atom is 0.290 e. The third-order valence-electron chi connectivity index (χ3n) is 5.04. The predicted molar refractivity (Wildman–Crippen MR) is 101 cm³/mol. The monoisotopic (exact) mass is 421 g/mol. The Morgan fingerprint density at radius 2 is 1.96 bits per heavy atom. The highest BCUT2D eigenvalue weighted by atomic mass is 32.2. The van der Waals surface area contributed by atoms with Gasteiger partial charge in [0.05, 0.1) is 28.0 Å². The maximum absolute atomic E-state index is 14.6. The van der Waals surface area contributed by atoms with E-state index in [1.165, 1.54) is 18.2 Å². The molecule has 2 aliphatic heterocycles. The number of halogens is 1. The van der Waals surface area contributed by atoms with Crippen molar-refractivity contribution in [1.82, 2.24) is 4.90 Å². The summed E-state index contributed by atoms with van der Waals surface area (Å²) in [5.74, 6) is -3.20. The minimum Gasteiger partial charge on any atom is -0.503 e. The van der Waals surface area contributed by atoms with Crippen molar-refractivity contribution in [2.45, 2.75) is 18.5 Å². The van der Waals surface area contributed by atoms with E-state index in [1.807, 2.05) is 0 Å². The lowest BCUT2D eigenvalue weighted by Crippen LogP contribution is -2.41. The van der Waals surface area contributed by atoms with Crippen LogP contribution in [0.15, 0.2) is 53.1 Å². The van der Waals surface area contributed by atoms with Gasteiger partial charge in [-0.05, 0) is 23.9 Å². The van der Waals surface area contributed by atoms with E-state index in [0.717, 1.165) is 16.2 Å². The highest BCUT2D eigenvalue weighted by Crippen LogP contribution is 2.43. The molecule has 1 amide bonds. The summed E-state index contributed by atoms with van der Waals surface area (Å²) < 4.78 is 38.5. The molecular formula is C19H16FNO5S2. The summed E-state index contributed by atoms with van der Waals surface area (Å²) in [4.78, 5) is 27.3. The second kappa shape index (κ2) is 6.82. The normalized spacial score (nSPS) is 24.2. The minimum atomic E-state index is -3.34. The summed E-state index contributed by atoms with van der Waals surface area (Å²) >= 11 is 1.14. The number of carbonyl (C=O) groups is 2. The summed E-state index contributed by atoms with van der Waals surface area (Å²) in [7, 11) is -3.34. The first-order valence-corrected chi connectivity index (χ1v) is 11.3. The van der Waals surface area contributed by atoms with E-state index < -0.39 is 45.2 Å². The number of rotatable bonds is 4. The molecule has 0 spiro atoms. The molecule has 0 aliphatic carbocycles. The summed E-state index contributed by atoms with van der Waals surface area (Å²) in [5, 5.41) is 12.2. The number of hydrogen-bond donors (Lipinski definition) is 1. The van der Waals surface area contributed by atoms with Gasteiger partial charge in [-0.15, -0.1) is 11.3 Å². The van der Waals surface area contributed by atoms with Crippen molar-refractivity contribution in [3.63, 3.8) is 0 Å². The number of sulfone groups is 1. The minimum absolute atomic E-state index is 0.0455. The fourth-order valence-corrected chi connectivity index (χ4v) is 6.16. The van der Waals surface area contributed by atoms with Crippen molar-refractivity contribution in [2.24, 2.45) is 0 Å². The third-order valence-corrected chi connectivity index (χ3v) is 7.65. The largest absolute Gasteiger partial charge is 0.503 e. The zero-order chi connectivity index (χ0) is 20.1. The van der Waals surface area contributed by atoms with E-state index in [9.17, 15) is 27.5 Å². The van der Waals surface area contributed by atoms with E-state index >= 15 is 0 Å². The number of benzene rings is 1. The zero-order valence-electron chi connectivity index (χ0n) is 14.5. The standard InChI is InChI=1S/C19H16FNO5S2/c20-13-5-2-1-4-12(13)16-15(17(22)14-6-3-8-27-14)18(23)19(24)21(16)11-7-9-28(25,26)10-11/h1-6,8,11,16,23H,7,9-10H2/t11-,16+/m1/s1. The highest BCUT2D eigenvalue weighted by molar-refractivity contribution is 7.91. The molecule has 4 rings (SSSR count). The van der Waals surface area contributed by atoms with Crippen LogP contribution in [-0.2, 0) is 14.6 Å². The van der Waals surface area contributed by atoms with Gasteiger partial charge in [0.25, 0.3) is 5.91 Å². The molecule has 1 fully saturated rings. The first kappa shape index (κ1) is 18.8. The average molecular weight is 421 g/mol. The first-order valence-electron chi connectivity index (χ1n) is 8.59. The molecular weight excluding hydrogens is 405 g/mol. The number of thiophene rings is 1. The molecule has 0 saturated carbocycles. The molecule has 0 radical (unpaired) electrons. The molecule has 2 aliphatic rings. The SMILES string of the molecule is O=C(C1=C(O)C(=O)N([C@@H]2CCS(=O)(=O)C2)[C@H]1c1ccccc1F)c1cccs1. The zero-order valence-corrected chi connectivity index (χ0v) is 16.2. The number of aliphatic hydroxyl groups is 1. The molecule has 3 heterocycles. The van der Waals surface area contributed by atoms with Crippen LogP contribution in [0.4, 0.5) is 4.39 Å². The third kappa shape index (κ3) is 3.04. The number of amides is 1. The quantitative estimate of drug-likeness (QED) is 0.767. The molecule has 1 saturated heterocycles. The van der Waals surface area contributed by atoms with Gasteiger partial charge in [-0.1, -0.05) is 24.3 Å². The van der Waals surface area contributed by atoms with Crippen molar-refractivity contribution in [1.29, 1.82) is 0 Å². The van der Waals surface area contributed by atoms with Gasteiger partial charge >= 0.3 is 0 Å². The lowest BCUT2D eigenvalue weighted by molar-refractivity contribution is -0.131. The van der Waals surface area contributed by atoms with Crippen molar-refractivity contribution in [3.05, 3.63) is 69.4 Å². The van der Waals surface area contributed by atoms with Crippen LogP contribution in [-0.4, -0.2) is 47.7 Å². The van der Waals surface area contributed by atoms with Gasteiger partial charge in [0.15, 0.2) is 15.6 Å². The van der Waals surface area contributed by atoms with Crippen LogP contribution in [0, 0.1) is 5.82 Å². The second-order valence-corrected chi connectivity index (χ2v) is 9.94. The molecule has 2 atom stereocenters. The summed E-state index contributed by atoms with van der Waals surface area (Å²) in [6, 6.07) is 6.97. The Kier molecular flexibility index (Phi) is 4.59. The second-order valence-electron chi connectivity index (χ2n) is 6.76. The van der Waals surface area contributed by atoms with E-state index in [2.05, 4.69) is 0 Å². The Balaban J connectivity index is 1.85. The van der Waals surface area contributed by atoms with Crippen LogP contribution in [0.25, 0.3) is 0 Å². The van der Waals surface area contributed by atoms with Gasteiger partial charge in [0.2, 0.25) is 5.78 Å². The number of nitrogens with zero attached hydrogens (tertiary/aromatic N) is 1. The predicted octanol–water partition coefficient (Wildman–Crippen LogP) is 2.65. The fourth-order valence-electron chi connectivity index (χ4n) is 3.77. The maximum atomic E-state index is 14.6. The Morgan fingerprint density at radius 3 is 2.57 bits per heavy atom. The van der Waals surface area contributed by atoms with Crippen LogP contribution < -0.4 is 0 Å². The molecule has 0 unspecified atom stereocenters. The number of aliphatic hydroxyl groups excluding tert-OH is 1. The van der Waals surface area contributed by atoms with Gasteiger partial charge in [-0.25, -0.2) is 12.8 Å². The van der Waals surface area contributed by atoms with E-state index in [0.29, 0.717) is 4.88 Å². The Bertz CT molecular complexity index is 1090. The van der Waals surface area contributed by atoms with Crippen molar-refractivity contribution in [2.75, 3.05) is 11.5 Å². The van der Waals surface area contributed by atoms with Gasteiger partial charge < -0.3 is 10.0 Å². The van der Waals surface area contributed by atoms with Gasteiger partial charge in [-0.2, -0.15) is 0 Å². The van der Waals surface area contributed by atoms with Crippen LogP contribution in [0.2, 0.25) is 0 Å². The Hall–Kier alpha value is -2.52. The van der Waals surface area contributed by atoms with Crippen LogP contribution in [0.3, 0.4) is 0 Å². The highest BCUT2D eigenvalue weighted by Gasteiger charge is 2.49. The average Bonchev–Trinajstić information content (AvgIpc) is 3.35. The Labute approximate surface area is 164 Å². The van der Waals surface area contributed by atoms with Gasteiger partial charge in [0.1, 0.15) is 5.82 Å². The smallest absolute Gasteiger partial charge is 0.290 e. The number of Topliss-reactive ketones (excluding diaryl/α,β-unsaturated/α-hetero) is 1. The van der Waals surface area contributed by atoms with Crippen LogP contribution in [0.5, 0.6) is 0 Å².